The van der Waals surface area contributed by atoms with Crippen molar-refractivity contribution in [2.45, 2.75) is 11.8 Å². The van der Waals surface area contributed by atoms with Gasteiger partial charge in [-0.2, -0.15) is 0 Å². The van der Waals surface area contributed by atoms with Crippen molar-refractivity contribution in [1.29, 1.82) is 0 Å². The number of aryl methyl sites for hydroxylation is 1. The van der Waals surface area contributed by atoms with Gasteiger partial charge in [-0.15, -0.1) is 0 Å². The molecule has 0 aliphatic rings. The predicted octanol–water partition coefficient (Wildman–Crippen LogP) is -2.27. The Kier molecular flexibility index (Phi) is 5.12. The molecule has 80 valence electrons. The quantitative estimate of drug-likeness (QED) is 0.642. The zero-order valence-electron chi connectivity index (χ0n) is 7.90. The van der Waals surface area contributed by atoms with E-state index < -0.39 is 9.84 Å². The summed E-state index contributed by atoms with van der Waals surface area (Å²) in [5.74, 6) is 0.00998. The van der Waals surface area contributed by atoms with Gasteiger partial charge in [-0.05, 0) is 19.1 Å². The Hall–Kier alpha value is -0.580. The summed E-state index contributed by atoms with van der Waals surface area (Å²) in [6, 6.07) is 6.79. The van der Waals surface area contributed by atoms with Crippen LogP contribution in [-0.2, 0) is 9.84 Å². The van der Waals surface area contributed by atoms with Crippen molar-refractivity contribution in [2.24, 2.45) is 5.73 Å². The van der Waals surface area contributed by atoms with Crippen LogP contribution in [0.4, 0.5) is 0 Å². The lowest BCUT2D eigenvalue weighted by Crippen LogP contribution is -3.00. The van der Waals surface area contributed by atoms with Crippen molar-refractivity contribution < 1.29 is 20.8 Å². The third-order valence-corrected chi connectivity index (χ3v) is 3.53. The molecule has 0 radical (unpaired) electrons. The molecule has 1 aromatic carbocycles. The minimum absolute atomic E-state index is 0. The SMILES string of the molecule is Cc1ccc(S(=O)(=O)CCN)cc1.[Cl-]. The van der Waals surface area contributed by atoms with Gasteiger partial charge >= 0.3 is 0 Å². The lowest BCUT2D eigenvalue weighted by Gasteiger charge is -2.02. The third kappa shape index (κ3) is 3.29. The highest BCUT2D eigenvalue weighted by Crippen LogP contribution is 2.11. The highest BCUT2D eigenvalue weighted by molar-refractivity contribution is 7.91. The van der Waals surface area contributed by atoms with E-state index in [1.807, 2.05) is 6.92 Å². The second-order valence-electron chi connectivity index (χ2n) is 2.92. The highest BCUT2D eigenvalue weighted by Gasteiger charge is 2.11. The topological polar surface area (TPSA) is 60.2 Å². The smallest absolute Gasteiger partial charge is 0.179 e. The van der Waals surface area contributed by atoms with E-state index in [9.17, 15) is 8.42 Å². The van der Waals surface area contributed by atoms with Crippen molar-refractivity contribution in [3.05, 3.63) is 29.8 Å². The molecular weight excluding hydrogens is 222 g/mol. The Labute approximate surface area is 90.6 Å². The lowest BCUT2D eigenvalue weighted by atomic mass is 10.2. The molecule has 0 bridgehead atoms. The summed E-state index contributed by atoms with van der Waals surface area (Å²) in [6.45, 7) is 2.08. The molecule has 1 rings (SSSR count). The van der Waals surface area contributed by atoms with Gasteiger partial charge in [0, 0.05) is 6.54 Å². The van der Waals surface area contributed by atoms with Crippen LogP contribution in [0.3, 0.4) is 0 Å². The highest BCUT2D eigenvalue weighted by atomic mass is 35.5. The summed E-state index contributed by atoms with van der Waals surface area (Å²) in [5.41, 5.74) is 6.25. The summed E-state index contributed by atoms with van der Waals surface area (Å²) in [5, 5.41) is 0. The van der Waals surface area contributed by atoms with Crippen LogP contribution in [0.5, 0.6) is 0 Å². The minimum Gasteiger partial charge on any atom is -1.00 e. The molecule has 0 aliphatic heterocycles. The largest absolute Gasteiger partial charge is 1.00 e. The normalized spacial score (nSPS) is 10.7. The second kappa shape index (κ2) is 5.34. The van der Waals surface area contributed by atoms with Crippen LogP contribution in [0.1, 0.15) is 5.56 Å². The van der Waals surface area contributed by atoms with Gasteiger partial charge in [0.05, 0.1) is 10.6 Å². The number of rotatable bonds is 3. The van der Waals surface area contributed by atoms with E-state index in [2.05, 4.69) is 0 Å². The Balaban J connectivity index is 0.00000169. The molecule has 0 amide bonds. The van der Waals surface area contributed by atoms with Gasteiger partial charge in [0.15, 0.2) is 9.84 Å². The van der Waals surface area contributed by atoms with Gasteiger partial charge in [-0.1, -0.05) is 17.7 Å². The molecule has 0 spiro atoms. The first kappa shape index (κ1) is 13.4. The monoisotopic (exact) mass is 234 g/mol. The van der Waals surface area contributed by atoms with Gasteiger partial charge in [0.1, 0.15) is 0 Å². The molecule has 0 aromatic heterocycles. The number of sulfone groups is 1. The van der Waals surface area contributed by atoms with Crippen LogP contribution in [0.25, 0.3) is 0 Å². The lowest BCUT2D eigenvalue weighted by molar-refractivity contribution is -0.00000530. The number of halogens is 1. The van der Waals surface area contributed by atoms with Crippen LogP contribution in [0.15, 0.2) is 29.2 Å². The fraction of sp³-hybridized carbons (Fsp3) is 0.333. The first-order valence-corrected chi connectivity index (χ1v) is 5.71. The molecule has 2 N–H and O–H groups in total. The molecule has 0 unspecified atom stereocenters. The van der Waals surface area contributed by atoms with Gasteiger partial charge in [-0.3, -0.25) is 0 Å². The minimum atomic E-state index is -3.15. The zero-order valence-corrected chi connectivity index (χ0v) is 9.48. The Morgan fingerprint density at radius 3 is 2.14 bits per heavy atom. The summed E-state index contributed by atoms with van der Waals surface area (Å²) in [4.78, 5) is 0.351. The maximum absolute atomic E-state index is 11.5. The van der Waals surface area contributed by atoms with E-state index in [4.69, 9.17) is 5.73 Å². The van der Waals surface area contributed by atoms with Crippen LogP contribution in [-0.4, -0.2) is 20.7 Å². The number of hydrogen-bond donors (Lipinski definition) is 1. The molecule has 0 atom stereocenters. The van der Waals surface area contributed by atoms with E-state index in [-0.39, 0.29) is 24.7 Å². The zero-order chi connectivity index (χ0) is 9.90. The average molecular weight is 235 g/mol. The van der Waals surface area contributed by atoms with Crippen LogP contribution >= 0.6 is 0 Å². The summed E-state index contributed by atoms with van der Waals surface area (Å²) >= 11 is 0. The fourth-order valence-corrected chi connectivity index (χ4v) is 2.12. The summed E-state index contributed by atoms with van der Waals surface area (Å²) in [7, 11) is -3.15. The summed E-state index contributed by atoms with van der Waals surface area (Å²) < 4.78 is 22.9. The third-order valence-electron chi connectivity index (χ3n) is 1.77. The molecule has 0 saturated carbocycles. The molecule has 1 aromatic rings. The van der Waals surface area contributed by atoms with E-state index in [0.29, 0.717) is 4.90 Å². The molecule has 0 heterocycles. The van der Waals surface area contributed by atoms with Crippen LogP contribution in [0.2, 0.25) is 0 Å². The van der Waals surface area contributed by atoms with E-state index in [1.165, 1.54) is 0 Å². The number of nitrogens with two attached hydrogens (primary N) is 1. The standard InChI is InChI=1S/C9H13NO2S.ClH/c1-8-2-4-9(5-3-8)13(11,12)7-6-10;/h2-5H,6-7,10H2,1H3;1H/p-1. The van der Waals surface area contributed by atoms with Crippen molar-refractivity contribution in [2.75, 3.05) is 12.3 Å². The van der Waals surface area contributed by atoms with Crippen LogP contribution < -0.4 is 18.1 Å². The Morgan fingerprint density at radius 2 is 1.71 bits per heavy atom. The van der Waals surface area contributed by atoms with Gasteiger partial charge in [-0.25, -0.2) is 8.42 Å². The van der Waals surface area contributed by atoms with E-state index in [1.54, 1.807) is 24.3 Å². The first-order chi connectivity index (χ1) is 6.06. The molecular formula is C9H13ClNO2S-. The van der Waals surface area contributed by atoms with Crippen molar-refractivity contribution >= 4 is 9.84 Å². The molecule has 5 heteroatoms. The number of benzene rings is 1. The molecule has 0 saturated heterocycles. The second-order valence-corrected chi connectivity index (χ2v) is 5.03. The van der Waals surface area contributed by atoms with Gasteiger partial charge < -0.3 is 18.1 Å². The molecule has 14 heavy (non-hydrogen) atoms. The number of hydrogen-bond acceptors (Lipinski definition) is 3. The fourth-order valence-electron chi connectivity index (χ4n) is 1.02. The average Bonchev–Trinajstić information content (AvgIpc) is 2.05. The Morgan fingerprint density at radius 1 is 1.21 bits per heavy atom. The molecule has 3 nitrogen and oxygen atoms in total. The molecule has 0 aliphatic carbocycles. The van der Waals surface area contributed by atoms with Crippen LogP contribution in [0, 0.1) is 6.92 Å². The van der Waals surface area contributed by atoms with Crippen molar-refractivity contribution in [1.82, 2.24) is 0 Å². The maximum atomic E-state index is 11.5. The Bertz CT molecular complexity index is 372. The van der Waals surface area contributed by atoms with Crippen molar-refractivity contribution in [3.8, 4) is 0 Å². The van der Waals surface area contributed by atoms with E-state index in [0.717, 1.165) is 5.56 Å². The molecule has 0 fully saturated rings. The van der Waals surface area contributed by atoms with E-state index >= 15 is 0 Å². The first-order valence-electron chi connectivity index (χ1n) is 4.06. The van der Waals surface area contributed by atoms with Crippen molar-refractivity contribution in [3.63, 3.8) is 0 Å². The summed E-state index contributed by atoms with van der Waals surface area (Å²) in [6.07, 6.45) is 0. The van der Waals surface area contributed by atoms with Gasteiger partial charge in [0.25, 0.3) is 0 Å². The predicted molar refractivity (Wildman–Crippen MR) is 52.3 cm³/mol. The maximum Gasteiger partial charge on any atom is 0.179 e. The van der Waals surface area contributed by atoms with Gasteiger partial charge in [0.2, 0.25) is 0 Å².